The molecule has 0 saturated carbocycles. The number of aliphatic imine (C=N–C) groups is 1. The van der Waals surface area contributed by atoms with Crippen molar-refractivity contribution in [3.63, 3.8) is 0 Å². The van der Waals surface area contributed by atoms with E-state index in [1.807, 2.05) is 7.05 Å². The Hall–Kier alpha value is -1.22. The van der Waals surface area contributed by atoms with Gasteiger partial charge in [-0.3, -0.25) is 4.99 Å². The van der Waals surface area contributed by atoms with Crippen LogP contribution in [0.2, 0.25) is 0 Å². The lowest BCUT2D eigenvalue weighted by atomic mass is 10.2. The molecule has 136 valence electrons. The first-order valence-electron chi connectivity index (χ1n) is 8.23. The summed E-state index contributed by atoms with van der Waals surface area (Å²) in [7, 11) is 3.88. The molecule has 2 heterocycles. The van der Waals surface area contributed by atoms with Crippen molar-refractivity contribution in [1.82, 2.24) is 15.2 Å². The van der Waals surface area contributed by atoms with Gasteiger partial charge in [-0.25, -0.2) is 0 Å². The first-order valence-corrected chi connectivity index (χ1v) is 9.03. The second-order valence-electron chi connectivity index (χ2n) is 6.09. The molecular formula is C18H25BrIN5. The van der Waals surface area contributed by atoms with Gasteiger partial charge in [-0.05, 0) is 42.8 Å². The summed E-state index contributed by atoms with van der Waals surface area (Å²) in [6, 6.07) is 13.1. The van der Waals surface area contributed by atoms with Gasteiger partial charge in [0, 0.05) is 55.3 Å². The van der Waals surface area contributed by atoms with Crippen LogP contribution in [0, 0.1) is 0 Å². The molecule has 0 bridgehead atoms. The zero-order valence-corrected chi connectivity index (χ0v) is 18.5. The van der Waals surface area contributed by atoms with E-state index in [-0.39, 0.29) is 24.0 Å². The summed E-state index contributed by atoms with van der Waals surface area (Å²) >= 11 is 3.49. The average molecular weight is 518 g/mol. The van der Waals surface area contributed by atoms with Crippen LogP contribution < -0.4 is 15.5 Å². The van der Waals surface area contributed by atoms with Crippen LogP contribution in [0.5, 0.6) is 0 Å². The van der Waals surface area contributed by atoms with Gasteiger partial charge in [0.15, 0.2) is 5.96 Å². The molecule has 1 atom stereocenters. The number of anilines is 1. The summed E-state index contributed by atoms with van der Waals surface area (Å²) < 4.78 is 3.23. The minimum atomic E-state index is 0. The molecule has 0 radical (unpaired) electrons. The fourth-order valence-corrected chi connectivity index (χ4v) is 3.27. The Morgan fingerprint density at radius 1 is 1.28 bits per heavy atom. The maximum atomic E-state index is 4.35. The van der Waals surface area contributed by atoms with Crippen LogP contribution in [0.3, 0.4) is 0 Å². The van der Waals surface area contributed by atoms with Crippen LogP contribution in [0.15, 0.2) is 52.1 Å². The lowest BCUT2D eigenvalue weighted by Crippen LogP contribution is -2.44. The molecular weight excluding hydrogens is 493 g/mol. The zero-order valence-electron chi connectivity index (χ0n) is 14.6. The molecule has 7 heteroatoms. The Balaban J connectivity index is 0.00000225. The van der Waals surface area contributed by atoms with Crippen molar-refractivity contribution in [3.8, 4) is 0 Å². The number of rotatable bonds is 4. The number of guanidine groups is 1. The molecule has 2 aromatic rings. The summed E-state index contributed by atoms with van der Waals surface area (Å²) in [4.78, 5) is 6.76. The van der Waals surface area contributed by atoms with E-state index in [4.69, 9.17) is 0 Å². The Bertz CT molecular complexity index is 698. The normalized spacial score (nSPS) is 17.3. The van der Waals surface area contributed by atoms with Crippen LogP contribution in [-0.2, 0) is 13.6 Å². The Labute approximate surface area is 175 Å². The molecule has 3 rings (SSSR count). The minimum Gasteiger partial charge on any atom is -0.369 e. The average Bonchev–Trinajstić information content (AvgIpc) is 3.21. The van der Waals surface area contributed by atoms with E-state index < -0.39 is 0 Å². The van der Waals surface area contributed by atoms with Gasteiger partial charge in [0.2, 0.25) is 0 Å². The van der Waals surface area contributed by atoms with Crippen LogP contribution in [0.4, 0.5) is 5.69 Å². The van der Waals surface area contributed by atoms with Gasteiger partial charge in [0.25, 0.3) is 0 Å². The summed E-state index contributed by atoms with van der Waals surface area (Å²) in [6.45, 7) is 2.83. The van der Waals surface area contributed by atoms with Crippen molar-refractivity contribution in [1.29, 1.82) is 0 Å². The van der Waals surface area contributed by atoms with E-state index in [2.05, 4.69) is 90.7 Å². The number of nitrogens with one attached hydrogen (secondary N) is 2. The molecule has 1 aliphatic rings. The van der Waals surface area contributed by atoms with E-state index in [9.17, 15) is 0 Å². The monoisotopic (exact) mass is 517 g/mol. The van der Waals surface area contributed by atoms with Crippen LogP contribution in [0.1, 0.15) is 12.1 Å². The molecule has 0 amide bonds. The summed E-state index contributed by atoms with van der Waals surface area (Å²) in [5.74, 6) is 0.860. The van der Waals surface area contributed by atoms with Crippen molar-refractivity contribution in [3.05, 3.63) is 52.8 Å². The number of benzene rings is 1. The zero-order chi connectivity index (χ0) is 16.9. The highest BCUT2D eigenvalue weighted by atomic mass is 127. The minimum absolute atomic E-state index is 0. The molecule has 0 aliphatic carbocycles. The standard InChI is InChI=1S/C18H24BrN5.HI/c1-20-18(21-12-17-4-3-10-23(17)2)22-15-9-11-24(13-15)16-7-5-14(19)6-8-16;/h3-8,10,15H,9,11-13H2,1-2H3,(H2,20,21,22);1H. The van der Waals surface area contributed by atoms with Crippen LogP contribution >= 0.6 is 39.9 Å². The lowest BCUT2D eigenvalue weighted by Gasteiger charge is -2.20. The third-order valence-electron chi connectivity index (χ3n) is 4.43. The van der Waals surface area contributed by atoms with E-state index in [0.29, 0.717) is 6.04 Å². The highest BCUT2D eigenvalue weighted by molar-refractivity contribution is 14.0. The Kier molecular flexibility index (Phi) is 7.61. The maximum absolute atomic E-state index is 4.35. The first-order chi connectivity index (χ1) is 11.7. The lowest BCUT2D eigenvalue weighted by molar-refractivity contribution is 0.644. The fraction of sp³-hybridized carbons (Fsp3) is 0.389. The predicted molar refractivity (Wildman–Crippen MR) is 119 cm³/mol. The van der Waals surface area contributed by atoms with E-state index in [1.165, 1.54) is 11.4 Å². The molecule has 2 N–H and O–H groups in total. The highest BCUT2D eigenvalue weighted by Gasteiger charge is 2.23. The van der Waals surface area contributed by atoms with Crippen molar-refractivity contribution >= 4 is 51.6 Å². The summed E-state index contributed by atoms with van der Waals surface area (Å²) in [6.07, 6.45) is 3.17. The van der Waals surface area contributed by atoms with Gasteiger partial charge in [0.05, 0.1) is 6.54 Å². The van der Waals surface area contributed by atoms with Crippen LogP contribution in [-0.4, -0.2) is 36.7 Å². The van der Waals surface area contributed by atoms with Gasteiger partial charge in [-0.2, -0.15) is 0 Å². The number of aryl methyl sites for hydroxylation is 1. The first kappa shape index (κ1) is 20.1. The molecule has 1 fully saturated rings. The van der Waals surface area contributed by atoms with Crippen molar-refractivity contribution in [2.75, 3.05) is 25.0 Å². The molecule has 25 heavy (non-hydrogen) atoms. The number of nitrogens with zero attached hydrogens (tertiary/aromatic N) is 3. The molecule has 5 nitrogen and oxygen atoms in total. The van der Waals surface area contributed by atoms with Gasteiger partial charge < -0.3 is 20.1 Å². The summed E-state index contributed by atoms with van der Waals surface area (Å²) in [5, 5.41) is 6.93. The SMILES string of the molecule is CN=C(NCc1cccn1C)NC1CCN(c2ccc(Br)cc2)C1.I. The fourth-order valence-electron chi connectivity index (χ4n) is 3.01. The molecule has 1 aromatic heterocycles. The van der Waals surface area contributed by atoms with Gasteiger partial charge in [-0.15, -0.1) is 24.0 Å². The molecule has 1 aliphatic heterocycles. The topological polar surface area (TPSA) is 44.6 Å². The smallest absolute Gasteiger partial charge is 0.191 e. The Morgan fingerprint density at radius 3 is 2.68 bits per heavy atom. The second-order valence-corrected chi connectivity index (χ2v) is 7.00. The molecule has 1 aromatic carbocycles. The molecule has 0 spiro atoms. The van der Waals surface area contributed by atoms with Crippen molar-refractivity contribution in [2.45, 2.75) is 19.0 Å². The van der Waals surface area contributed by atoms with Gasteiger partial charge in [0.1, 0.15) is 0 Å². The predicted octanol–water partition coefficient (Wildman–Crippen LogP) is 3.35. The summed E-state index contributed by atoms with van der Waals surface area (Å²) in [5.41, 5.74) is 2.51. The third kappa shape index (κ3) is 5.37. The number of hydrogen-bond donors (Lipinski definition) is 2. The Morgan fingerprint density at radius 2 is 2.04 bits per heavy atom. The van der Waals surface area contributed by atoms with E-state index >= 15 is 0 Å². The van der Waals surface area contributed by atoms with Crippen molar-refractivity contribution < 1.29 is 0 Å². The highest BCUT2D eigenvalue weighted by Crippen LogP contribution is 2.22. The maximum Gasteiger partial charge on any atom is 0.191 e. The number of aromatic nitrogens is 1. The van der Waals surface area contributed by atoms with E-state index in [1.54, 1.807) is 0 Å². The third-order valence-corrected chi connectivity index (χ3v) is 4.96. The second kappa shape index (κ2) is 9.47. The largest absolute Gasteiger partial charge is 0.369 e. The van der Waals surface area contributed by atoms with Gasteiger partial charge in [-0.1, -0.05) is 15.9 Å². The van der Waals surface area contributed by atoms with Gasteiger partial charge >= 0.3 is 0 Å². The quantitative estimate of drug-likeness (QED) is 0.371. The van der Waals surface area contributed by atoms with Crippen LogP contribution in [0.25, 0.3) is 0 Å². The number of halogens is 2. The van der Waals surface area contributed by atoms with E-state index in [0.717, 1.165) is 36.5 Å². The molecule has 1 unspecified atom stereocenters. The molecule has 1 saturated heterocycles. The van der Waals surface area contributed by atoms with Crippen molar-refractivity contribution in [2.24, 2.45) is 12.0 Å². The number of hydrogen-bond acceptors (Lipinski definition) is 2.